The maximum atomic E-state index is 13.6. The molecule has 15 heteroatoms. The molecule has 226 valence electrons. The Bertz CT molecular complexity index is 1330. The third kappa shape index (κ3) is 8.54. The zero-order valence-electron chi connectivity index (χ0n) is 22.7. The lowest BCUT2D eigenvalue weighted by Gasteiger charge is -2.49. The van der Waals surface area contributed by atoms with Crippen molar-refractivity contribution in [2.45, 2.75) is 28.7 Å². The van der Waals surface area contributed by atoms with Crippen LogP contribution in [0.25, 0.3) is 0 Å². The normalized spacial score (nSPS) is 17.5. The number of carbonyl (C=O) groups is 3. The molecule has 4 rings (SSSR count). The van der Waals surface area contributed by atoms with Crippen molar-refractivity contribution in [3.8, 4) is 5.75 Å². The van der Waals surface area contributed by atoms with Gasteiger partial charge in [-0.3, -0.25) is 25.6 Å². The van der Waals surface area contributed by atoms with Crippen molar-refractivity contribution in [1.82, 2.24) is 10.2 Å². The minimum atomic E-state index is -0.714. The Kier molecular flexibility index (Phi) is 13.3. The summed E-state index contributed by atoms with van der Waals surface area (Å²) >= 11 is 5.65. The molecule has 2 aromatic carbocycles. The summed E-state index contributed by atoms with van der Waals surface area (Å²) in [6.07, 6.45) is 0. The van der Waals surface area contributed by atoms with Crippen LogP contribution in [0.1, 0.15) is 11.1 Å². The van der Waals surface area contributed by atoms with E-state index >= 15 is 0 Å². The fourth-order valence-electron chi connectivity index (χ4n) is 4.08. The summed E-state index contributed by atoms with van der Waals surface area (Å²) in [4.78, 5) is 42.4. The summed E-state index contributed by atoms with van der Waals surface area (Å²) in [5.74, 6) is 1.40. The van der Waals surface area contributed by atoms with Crippen LogP contribution in [-0.4, -0.2) is 70.2 Å². The van der Waals surface area contributed by atoms with E-state index in [1.165, 1.54) is 51.9 Å². The number of halogens is 1. The van der Waals surface area contributed by atoms with E-state index in [9.17, 15) is 14.4 Å². The number of amidine groups is 1. The smallest absolute Gasteiger partial charge is 0.356 e. The van der Waals surface area contributed by atoms with E-state index in [0.29, 0.717) is 34.5 Å². The number of β-lactam (4-membered cyclic amide) rings is 1. The van der Waals surface area contributed by atoms with Crippen LogP contribution in [0.15, 0.2) is 64.0 Å². The first kappa shape index (κ1) is 34.0. The number of amides is 2. The molecule has 2 aromatic rings. The van der Waals surface area contributed by atoms with E-state index < -0.39 is 17.4 Å². The zero-order chi connectivity index (χ0) is 29.4. The number of esters is 1. The van der Waals surface area contributed by atoms with Crippen LogP contribution < -0.4 is 39.3 Å². The summed E-state index contributed by atoms with van der Waals surface area (Å²) in [5.41, 5.74) is 13.1. The zero-order valence-corrected chi connectivity index (χ0v) is 26.8. The molecule has 2 aliphatic rings. The van der Waals surface area contributed by atoms with Gasteiger partial charge in [-0.1, -0.05) is 42.1 Å². The monoisotopic (exact) mass is 669 g/mol. The number of hydrogen-bond donors (Lipinski definition) is 4. The van der Waals surface area contributed by atoms with Crippen LogP contribution in [0.4, 0.5) is 0 Å². The minimum Gasteiger partial charge on any atom is -1.00 e. The molecular formula is C27H32ClN5O5S4. The SMILES string of the molecule is COc1ccc(COC(=O)C2=C(Sc3ccccc3CSC(N)=[NH2+])CS[C@@H]3[C@H](NC(=O)CSCCN)C(=O)N23)cc1.[Cl-]. The molecule has 42 heavy (non-hydrogen) atoms. The molecular weight excluding hydrogens is 638 g/mol. The number of ether oxygens (including phenoxy) is 2. The molecule has 0 aliphatic carbocycles. The third-order valence-corrected chi connectivity index (χ3v) is 10.5. The fourth-order valence-corrected chi connectivity index (χ4v) is 7.92. The number of benzene rings is 2. The van der Waals surface area contributed by atoms with Crippen LogP contribution in [0.2, 0.25) is 0 Å². The Balaban J connectivity index is 0.00000484. The first-order chi connectivity index (χ1) is 19.8. The first-order valence-electron chi connectivity index (χ1n) is 12.6. The minimum absolute atomic E-state index is 0. The molecule has 10 nitrogen and oxygen atoms in total. The Hall–Kier alpha value is -2.49. The fraction of sp³-hybridized carbons (Fsp3) is 0.333. The first-order valence-corrected chi connectivity index (χ1v) is 16.6. The summed E-state index contributed by atoms with van der Waals surface area (Å²) in [5, 5.41) is 8.34. The Morgan fingerprint density at radius 3 is 2.62 bits per heavy atom. The lowest BCUT2D eigenvalue weighted by molar-refractivity contribution is -0.153. The molecule has 0 unspecified atom stereocenters. The van der Waals surface area contributed by atoms with Crippen molar-refractivity contribution in [1.29, 1.82) is 0 Å². The highest BCUT2D eigenvalue weighted by molar-refractivity contribution is 8.12. The molecule has 2 heterocycles. The maximum absolute atomic E-state index is 13.6. The lowest BCUT2D eigenvalue weighted by atomic mass is 10.1. The number of nitrogens with two attached hydrogens (primary N) is 3. The van der Waals surface area contributed by atoms with Gasteiger partial charge in [-0.15, -0.1) is 11.8 Å². The number of thioether (sulfide) groups is 4. The summed E-state index contributed by atoms with van der Waals surface area (Å²) < 4.78 is 10.9. The highest BCUT2D eigenvalue weighted by atomic mass is 35.5. The van der Waals surface area contributed by atoms with Gasteiger partial charge in [0.1, 0.15) is 29.5 Å². The number of fused-ring (bicyclic) bond motifs is 1. The van der Waals surface area contributed by atoms with Gasteiger partial charge in [0.05, 0.1) is 12.9 Å². The van der Waals surface area contributed by atoms with Gasteiger partial charge < -0.3 is 32.9 Å². The van der Waals surface area contributed by atoms with Crippen LogP contribution >= 0.6 is 47.0 Å². The Morgan fingerprint density at radius 2 is 1.93 bits per heavy atom. The van der Waals surface area contributed by atoms with E-state index in [-0.39, 0.29) is 47.4 Å². The molecule has 0 aromatic heterocycles. The number of methoxy groups -OCH3 is 1. The lowest BCUT2D eigenvalue weighted by Crippen LogP contribution is -3.00. The maximum Gasteiger partial charge on any atom is 0.356 e. The predicted molar refractivity (Wildman–Crippen MR) is 166 cm³/mol. The second-order valence-corrected chi connectivity index (χ2v) is 13.3. The standard InChI is InChI=1S/C27H31N5O5S4.ClH/c1-36-18-8-6-16(7-9-18)12-37-26(35)23-20(41-19-5-3-2-4-17(19)13-40-27(29)30)14-39-25-22(24(34)32(23)25)31-21(33)15-38-11-10-28;/h2-9,22,25H,10-15,28H2,1H3,(H3,29,30)(H,31,33);1H/t22-,25-;/m1./s1. The topological polar surface area (TPSA) is 163 Å². The van der Waals surface area contributed by atoms with E-state index in [1.54, 1.807) is 19.2 Å². The van der Waals surface area contributed by atoms with Gasteiger partial charge in [-0.05, 0) is 41.1 Å². The quantitative estimate of drug-likeness (QED) is 0.0623. The molecule has 0 radical (unpaired) electrons. The number of nitrogens with zero attached hydrogens (tertiary/aromatic N) is 1. The average molecular weight is 670 g/mol. The Morgan fingerprint density at radius 1 is 1.19 bits per heavy atom. The van der Waals surface area contributed by atoms with Gasteiger partial charge >= 0.3 is 5.97 Å². The number of nitrogens with one attached hydrogen (secondary N) is 1. The van der Waals surface area contributed by atoms with Crippen LogP contribution in [-0.2, 0) is 31.5 Å². The average Bonchev–Trinajstić information content (AvgIpc) is 2.98. The molecule has 1 saturated heterocycles. The van der Waals surface area contributed by atoms with Crippen LogP contribution in [0, 0.1) is 0 Å². The van der Waals surface area contributed by atoms with Gasteiger partial charge in [-0.25, -0.2) is 4.79 Å². The molecule has 7 N–H and O–H groups in total. The van der Waals surface area contributed by atoms with Crippen molar-refractivity contribution in [3.05, 3.63) is 70.3 Å². The molecule has 0 saturated carbocycles. The van der Waals surface area contributed by atoms with Gasteiger partial charge in [0, 0.05) is 33.6 Å². The number of carbonyl (C=O) groups excluding carboxylic acids is 3. The molecule has 2 atom stereocenters. The van der Waals surface area contributed by atoms with E-state index in [4.69, 9.17) is 26.4 Å². The number of rotatable bonds is 13. The second-order valence-electron chi connectivity index (χ2n) is 8.89. The highest BCUT2D eigenvalue weighted by Gasteiger charge is 2.54. The third-order valence-electron chi connectivity index (χ3n) is 6.07. The van der Waals surface area contributed by atoms with E-state index in [1.807, 2.05) is 36.4 Å². The molecule has 2 aliphatic heterocycles. The molecule has 0 spiro atoms. The largest absolute Gasteiger partial charge is 1.00 e. The van der Waals surface area contributed by atoms with Crippen molar-refractivity contribution in [3.63, 3.8) is 0 Å². The second kappa shape index (κ2) is 16.4. The summed E-state index contributed by atoms with van der Waals surface area (Å²) in [7, 11) is 1.58. The highest BCUT2D eigenvalue weighted by Crippen LogP contribution is 2.46. The summed E-state index contributed by atoms with van der Waals surface area (Å²) in [6.45, 7) is 0.501. The van der Waals surface area contributed by atoms with E-state index in [0.717, 1.165) is 16.0 Å². The van der Waals surface area contributed by atoms with Crippen molar-refractivity contribution < 1.29 is 41.7 Å². The molecule has 1 fully saturated rings. The Labute approximate surface area is 267 Å². The van der Waals surface area contributed by atoms with Crippen LogP contribution in [0.5, 0.6) is 5.75 Å². The number of hydrogen-bond acceptors (Lipinski definition) is 10. The van der Waals surface area contributed by atoms with Gasteiger partial charge in [0.2, 0.25) is 5.91 Å². The van der Waals surface area contributed by atoms with Crippen molar-refractivity contribution >= 4 is 70.0 Å². The van der Waals surface area contributed by atoms with Gasteiger partial charge in [-0.2, -0.15) is 11.8 Å². The van der Waals surface area contributed by atoms with E-state index in [2.05, 4.69) is 5.32 Å². The summed E-state index contributed by atoms with van der Waals surface area (Å²) in [6, 6.07) is 14.3. The van der Waals surface area contributed by atoms with Gasteiger partial charge in [0.15, 0.2) is 0 Å². The van der Waals surface area contributed by atoms with Gasteiger partial charge in [0.25, 0.3) is 11.1 Å². The van der Waals surface area contributed by atoms with Crippen molar-refractivity contribution in [2.24, 2.45) is 11.5 Å². The van der Waals surface area contributed by atoms with Crippen molar-refractivity contribution in [2.75, 3.05) is 30.9 Å². The predicted octanol–water partition coefficient (Wildman–Crippen LogP) is -1.85. The molecule has 0 bridgehead atoms. The van der Waals surface area contributed by atoms with Crippen LogP contribution in [0.3, 0.4) is 0 Å². The molecule has 2 amide bonds.